The van der Waals surface area contributed by atoms with E-state index in [1.54, 1.807) is 10.9 Å². The van der Waals surface area contributed by atoms with Crippen molar-refractivity contribution in [2.45, 2.75) is 6.92 Å². The number of nitrogens with zero attached hydrogens (tertiary/aromatic N) is 3. The molecule has 0 aliphatic carbocycles. The summed E-state index contributed by atoms with van der Waals surface area (Å²) in [5.41, 5.74) is 8.52. The lowest BCUT2D eigenvalue weighted by molar-refractivity contribution is 0.768. The van der Waals surface area contributed by atoms with Crippen LogP contribution in [0.15, 0.2) is 12.4 Å². The fourth-order valence-corrected chi connectivity index (χ4v) is 1.24. The summed E-state index contributed by atoms with van der Waals surface area (Å²) in [6.45, 7) is 1.93. The molecule has 0 aliphatic rings. The van der Waals surface area contributed by atoms with Crippen molar-refractivity contribution in [1.29, 1.82) is 0 Å². The summed E-state index contributed by atoms with van der Waals surface area (Å²) in [5, 5.41) is 10.9. The number of nitrogens with one attached hydrogen (secondary N) is 1. The molecular formula is C8H11N5. The quantitative estimate of drug-likeness (QED) is 0.673. The van der Waals surface area contributed by atoms with E-state index in [-0.39, 0.29) is 0 Å². The Bertz CT molecular complexity index is 425. The van der Waals surface area contributed by atoms with Gasteiger partial charge in [0.25, 0.3) is 0 Å². The highest BCUT2D eigenvalue weighted by Gasteiger charge is 2.08. The highest BCUT2D eigenvalue weighted by molar-refractivity contribution is 5.66. The van der Waals surface area contributed by atoms with Gasteiger partial charge in [0.15, 0.2) is 0 Å². The first-order valence-electron chi connectivity index (χ1n) is 3.98. The zero-order valence-electron chi connectivity index (χ0n) is 7.57. The van der Waals surface area contributed by atoms with Gasteiger partial charge >= 0.3 is 0 Å². The van der Waals surface area contributed by atoms with Gasteiger partial charge < -0.3 is 5.73 Å². The summed E-state index contributed by atoms with van der Waals surface area (Å²) in [5.74, 6) is 0.541. The van der Waals surface area contributed by atoms with Crippen molar-refractivity contribution in [3.63, 3.8) is 0 Å². The molecule has 13 heavy (non-hydrogen) atoms. The van der Waals surface area contributed by atoms with Crippen LogP contribution in [-0.2, 0) is 7.05 Å². The average Bonchev–Trinajstić information content (AvgIpc) is 2.62. The predicted molar refractivity (Wildman–Crippen MR) is 49.9 cm³/mol. The summed E-state index contributed by atoms with van der Waals surface area (Å²) in [4.78, 5) is 0. The van der Waals surface area contributed by atoms with Gasteiger partial charge in [0.1, 0.15) is 5.82 Å². The Morgan fingerprint density at radius 3 is 2.77 bits per heavy atom. The van der Waals surface area contributed by atoms with Crippen LogP contribution < -0.4 is 5.73 Å². The molecular weight excluding hydrogens is 166 g/mol. The van der Waals surface area contributed by atoms with E-state index < -0.39 is 0 Å². The van der Waals surface area contributed by atoms with Crippen molar-refractivity contribution in [1.82, 2.24) is 20.0 Å². The summed E-state index contributed by atoms with van der Waals surface area (Å²) >= 11 is 0. The smallest absolute Gasteiger partial charge is 0.148 e. The van der Waals surface area contributed by atoms with Crippen LogP contribution in [0, 0.1) is 6.92 Å². The van der Waals surface area contributed by atoms with Gasteiger partial charge in [-0.25, -0.2) is 0 Å². The van der Waals surface area contributed by atoms with E-state index in [9.17, 15) is 0 Å². The Morgan fingerprint density at radius 1 is 1.54 bits per heavy atom. The van der Waals surface area contributed by atoms with Crippen LogP contribution in [0.25, 0.3) is 11.3 Å². The van der Waals surface area contributed by atoms with Crippen molar-refractivity contribution in [3.05, 3.63) is 18.0 Å². The maximum atomic E-state index is 5.62. The monoisotopic (exact) mass is 177 g/mol. The SMILES string of the molecule is Cc1c(N)n[nH]c1-c1cnn(C)c1. The Hall–Kier alpha value is -1.78. The van der Waals surface area contributed by atoms with Crippen molar-refractivity contribution in [3.8, 4) is 11.3 Å². The van der Waals surface area contributed by atoms with Crippen LogP contribution >= 0.6 is 0 Å². The molecule has 0 aromatic carbocycles. The van der Waals surface area contributed by atoms with Crippen molar-refractivity contribution in [2.75, 3.05) is 5.73 Å². The molecule has 2 heterocycles. The first-order chi connectivity index (χ1) is 6.18. The van der Waals surface area contributed by atoms with Gasteiger partial charge in [0.05, 0.1) is 11.9 Å². The van der Waals surface area contributed by atoms with Crippen LogP contribution in [0.3, 0.4) is 0 Å². The first kappa shape index (κ1) is 7.85. The molecule has 0 aliphatic heterocycles. The molecule has 0 unspecified atom stereocenters. The summed E-state index contributed by atoms with van der Waals surface area (Å²) in [6.07, 6.45) is 3.69. The first-order valence-corrected chi connectivity index (χ1v) is 3.98. The molecule has 0 amide bonds. The molecule has 5 nitrogen and oxygen atoms in total. The number of aromatic amines is 1. The molecule has 0 saturated heterocycles. The minimum absolute atomic E-state index is 0.541. The van der Waals surface area contributed by atoms with E-state index in [1.165, 1.54) is 0 Å². The topological polar surface area (TPSA) is 72.5 Å². The molecule has 0 bridgehead atoms. The van der Waals surface area contributed by atoms with Gasteiger partial charge in [-0.05, 0) is 6.92 Å². The number of anilines is 1. The minimum atomic E-state index is 0.541. The number of nitrogen functional groups attached to an aromatic ring is 1. The molecule has 5 heteroatoms. The zero-order chi connectivity index (χ0) is 9.42. The Labute approximate surface area is 75.6 Å². The average molecular weight is 177 g/mol. The third kappa shape index (κ3) is 1.18. The van der Waals surface area contributed by atoms with Gasteiger partial charge in [-0.2, -0.15) is 10.2 Å². The molecule has 0 fully saturated rings. The van der Waals surface area contributed by atoms with E-state index in [0.717, 1.165) is 16.8 Å². The maximum absolute atomic E-state index is 5.62. The van der Waals surface area contributed by atoms with Gasteiger partial charge in [-0.3, -0.25) is 9.78 Å². The molecule has 0 atom stereocenters. The Kier molecular flexibility index (Phi) is 1.58. The van der Waals surface area contributed by atoms with Crippen LogP contribution in [0.1, 0.15) is 5.56 Å². The highest BCUT2D eigenvalue weighted by atomic mass is 15.2. The second-order valence-corrected chi connectivity index (χ2v) is 3.01. The molecule has 0 radical (unpaired) electrons. The normalized spacial score (nSPS) is 10.6. The number of H-pyrrole nitrogens is 1. The molecule has 2 aromatic rings. The fraction of sp³-hybridized carbons (Fsp3) is 0.250. The van der Waals surface area contributed by atoms with Crippen LogP contribution in [0.4, 0.5) is 5.82 Å². The van der Waals surface area contributed by atoms with Crippen molar-refractivity contribution >= 4 is 5.82 Å². The molecule has 0 saturated carbocycles. The third-order valence-corrected chi connectivity index (χ3v) is 2.04. The van der Waals surface area contributed by atoms with Gasteiger partial charge in [-0.15, -0.1) is 0 Å². The zero-order valence-corrected chi connectivity index (χ0v) is 7.57. The van der Waals surface area contributed by atoms with Crippen molar-refractivity contribution in [2.24, 2.45) is 7.05 Å². The standard InChI is InChI=1S/C8H11N5/c1-5-7(11-12-8(5)9)6-3-10-13(2)4-6/h3-4H,1-2H3,(H3,9,11,12). The lowest BCUT2D eigenvalue weighted by atomic mass is 10.2. The van der Waals surface area contributed by atoms with Gasteiger partial charge in [0.2, 0.25) is 0 Å². The molecule has 0 spiro atoms. The number of hydrogen-bond acceptors (Lipinski definition) is 3. The number of aromatic nitrogens is 4. The second-order valence-electron chi connectivity index (χ2n) is 3.01. The lowest BCUT2D eigenvalue weighted by Crippen LogP contribution is -1.86. The Morgan fingerprint density at radius 2 is 2.31 bits per heavy atom. The second kappa shape index (κ2) is 2.62. The molecule has 68 valence electrons. The third-order valence-electron chi connectivity index (χ3n) is 2.04. The minimum Gasteiger partial charge on any atom is -0.382 e. The van der Waals surface area contributed by atoms with E-state index >= 15 is 0 Å². The van der Waals surface area contributed by atoms with Crippen molar-refractivity contribution < 1.29 is 0 Å². The largest absolute Gasteiger partial charge is 0.382 e. The maximum Gasteiger partial charge on any atom is 0.148 e. The fourth-order valence-electron chi connectivity index (χ4n) is 1.24. The van der Waals surface area contributed by atoms with E-state index in [1.807, 2.05) is 20.2 Å². The lowest BCUT2D eigenvalue weighted by Gasteiger charge is -1.92. The van der Waals surface area contributed by atoms with Gasteiger partial charge in [-0.1, -0.05) is 0 Å². The van der Waals surface area contributed by atoms with E-state index in [4.69, 9.17) is 5.73 Å². The van der Waals surface area contributed by atoms with Crippen LogP contribution in [-0.4, -0.2) is 20.0 Å². The number of nitrogens with two attached hydrogens (primary N) is 1. The summed E-state index contributed by atoms with van der Waals surface area (Å²) in [6, 6.07) is 0. The predicted octanol–water partition coefficient (Wildman–Crippen LogP) is 0.701. The number of aryl methyl sites for hydroxylation is 1. The van der Waals surface area contributed by atoms with Crippen LogP contribution in [0.2, 0.25) is 0 Å². The number of hydrogen-bond donors (Lipinski definition) is 2. The molecule has 2 rings (SSSR count). The highest BCUT2D eigenvalue weighted by Crippen LogP contribution is 2.22. The van der Waals surface area contributed by atoms with Gasteiger partial charge in [0, 0.05) is 24.4 Å². The van der Waals surface area contributed by atoms with E-state index in [2.05, 4.69) is 15.3 Å². The molecule has 2 aromatic heterocycles. The Balaban J connectivity index is 2.52. The molecule has 3 N–H and O–H groups in total. The summed E-state index contributed by atoms with van der Waals surface area (Å²) in [7, 11) is 1.87. The van der Waals surface area contributed by atoms with Crippen LogP contribution in [0.5, 0.6) is 0 Å². The van der Waals surface area contributed by atoms with E-state index in [0.29, 0.717) is 5.82 Å². The summed E-state index contributed by atoms with van der Waals surface area (Å²) < 4.78 is 1.74. The number of rotatable bonds is 1.